The Labute approximate surface area is 202 Å². The zero-order valence-electron chi connectivity index (χ0n) is 19.7. The Morgan fingerprint density at radius 2 is 1.59 bits per heavy atom. The average molecular weight is 451 g/mol. The summed E-state index contributed by atoms with van der Waals surface area (Å²) in [7, 11) is 1.67. The van der Waals surface area contributed by atoms with E-state index in [0.29, 0.717) is 0 Å². The van der Waals surface area contributed by atoms with Crippen LogP contribution in [0.5, 0.6) is 5.75 Å². The van der Waals surface area contributed by atoms with E-state index in [0.717, 1.165) is 34.7 Å². The minimum absolute atomic E-state index is 0.0345. The highest BCUT2D eigenvalue weighted by atomic mass is 16.5. The Kier molecular flexibility index (Phi) is 9.69. The fourth-order valence-corrected chi connectivity index (χ4v) is 3.26. The summed E-state index contributed by atoms with van der Waals surface area (Å²) in [5.41, 5.74) is 3.83. The molecule has 2 atom stereocenters. The van der Waals surface area contributed by atoms with Gasteiger partial charge in [-0.15, -0.1) is 0 Å². The number of benzene rings is 1. The number of hydrogen-bond acceptors (Lipinski definition) is 5. The van der Waals surface area contributed by atoms with Crippen LogP contribution in [0.25, 0.3) is 0 Å². The second-order valence-corrected chi connectivity index (χ2v) is 7.57. The van der Waals surface area contributed by atoms with E-state index in [2.05, 4.69) is 40.6 Å². The van der Waals surface area contributed by atoms with Crippen LogP contribution >= 0.6 is 0 Å². The third-order valence-electron chi connectivity index (χ3n) is 5.16. The molecule has 0 N–H and O–H groups in total. The van der Waals surface area contributed by atoms with Gasteiger partial charge in [0.15, 0.2) is 0 Å². The molecule has 0 saturated heterocycles. The van der Waals surface area contributed by atoms with Gasteiger partial charge in [-0.3, -0.25) is 20.0 Å². The number of pyridine rings is 2. The summed E-state index contributed by atoms with van der Waals surface area (Å²) in [5, 5.41) is 0. The lowest BCUT2D eigenvalue weighted by atomic mass is 10.0. The van der Waals surface area contributed by atoms with E-state index in [-0.39, 0.29) is 12.1 Å². The topological polar surface area (TPSA) is 59.7 Å². The van der Waals surface area contributed by atoms with Crippen molar-refractivity contribution in [1.82, 2.24) is 9.97 Å². The number of ether oxygens (including phenoxy) is 1. The fraction of sp³-hybridized carbons (Fsp3) is 0.172. The molecular formula is C29H30N4O. The van der Waals surface area contributed by atoms with Crippen LogP contribution in [0.4, 0.5) is 0 Å². The molecule has 5 nitrogen and oxygen atoms in total. The summed E-state index contributed by atoms with van der Waals surface area (Å²) in [6.45, 7) is 5.91. The van der Waals surface area contributed by atoms with Crippen molar-refractivity contribution in [3.8, 4) is 5.75 Å². The van der Waals surface area contributed by atoms with Gasteiger partial charge in [0.1, 0.15) is 5.75 Å². The minimum Gasteiger partial charge on any atom is -0.497 e. The van der Waals surface area contributed by atoms with E-state index < -0.39 is 0 Å². The van der Waals surface area contributed by atoms with Gasteiger partial charge in [0.25, 0.3) is 0 Å². The third kappa shape index (κ3) is 7.78. The van der Waals surface area contributed by atoms with Crippen LogP contribution in [-0.2, 0) is 0 Å². The van der Waals surface area contributed by atoms with Crippen molar-refractivity contribution in [2.45, 2.75) is 25.4 Å². The number of aromatic nitrogens is 2. The first-order valence-electron chi connectivity index (χ1n) is 11.2. The molecule has 0 amide bonds. The van der Waals surface area contributed by atoms with Gasteiger partial charge in [-0.05, 0) is 60.9 Å². The Bertz CT molecular complexity index is 1130. The lowest BCUT2D eigenvalue weighted by Gasteiger charge is -2.12. The summed E-state index contributed by atoms with van der Waals surface area (Å²) in [6.07, 6.45) is 15.9. The first-order valence-corrected chi connectivity index (χ1v) is 11.2. The van der Waals surface area contributed by atoms with Crippen LogP contribution in [0.1, 0.15) is 36.3 Å². The van der Waals surface area contributed by atoms with Gasteiger partial charge in [-0.2, -0.15) is 0 Å². The monoisotopic (exact) mass is 450 g/mol. The Morgan fingerprint density at radius 1 is 0.941 bits per heavy atom. The maximum absolute atomic E-state index is 5.30. The number of methoxy groups -OCH3 is 1. The molecule has 0 aliphatic heterocycles. The lowest BCUT2D eigenvalue weighted by molar-refractivity contribution is 0.414. The van der Waals surface area contributed by atoms with E-state index in [1.54, 1.807) is 31.8 Å². The molecule has 3 rings (SSSR count). The summed E-state index contributed by atoms with van der Waals surface area (Å²) < 4.78 is 5.30. The molecule has 0 spiro atoms. The second-order valence-electron chi connectivity index (χ2n) is 7.57. The maximum Gasteiger partial charge on any atom is 0.118 e. The third-order valence-corrected chi connectivity index (χ3v) is 5.16. The van der Waals surface area contributed by atoms with Crippen LogP contribution in [0.3, 0.4) is 0 Å². The van der Waals surface area contributed by atoms with Crippen LogP contribution in [0.15, 0.2) is 119 Å². The van der Waals surface area contributed by atoms with Gasteiger partial charge >= 0.3 is 0 Å². The largest absolute Gasteiger partial charge is 0.497 e. The smallest absolute Gasteiger partial charge is 0.118 e. The van der Waals surface area contributed by atoms with Crippen molar-refractivity contribution in [2.75, 3.05) is 7.11 Å². The molecule has 0 aliphatic carbocycles. The van der Waals surface area contributed by atoms with Crippen LogP contribution < -0.4 is 4.74 Å². The lowest BCUT2D eigenvalue weighted by Crippen LogP contribution is -2.02. The van der Waals surface area contributed by atoms with Gasteiger partial charge < -0.3 is 4.74 Å². The van der Waals surface area contributed by atoms with E-state index in [1.165, 1.54) is 0 Å². The molecule has 0 saturated carbocycles. The Morgan fingerprint density at radius 3 is 2.15 bits per heavy atom. The first-order chi connectivity index (χ1) is 16.7. The van der Waals surface area contributed by atoms with Crippen molar-refractivity contribution in [3.63, 3.8) is 0 Å². The molecular weight excluding hydrogens is 420 g/mol. The molecule has 172 valence electrons. The summed E-state index contributed by atoms with van der Waals surface area (Å²) >= 11 is 0. The van der Waals surface area contributed by atoms with Crippen LogP contribution in [0.2, 0.25) is 0 Å². The molecule has 2 unspecified atom stereocenters. The molecule has 0 bridgehead atoms. The highest BCUT2D eigenvalue weighted by molar-refractivity contribution is 5.77. The van der Waals surface area contributed by atoms with E-state index >= 15 is 0 Å². The molecule has 34 heavy (non-hydrogen) atoms. The predicted octanol–water partition coefficient (Wildman–Crippen LogP) is 6.21. The molecule has 2 aromatic heterocycles. The fourth-order valence-electron chi connectivity index (χ4n) is 3.26. The van der Waals surface area contributed by atoms with Gasteiger partial charge in [0.2, 0.25) is 0 Å². The van der Waals surface area contributed by atoms with Gasteiger partial charge in [-0.25, -0.2) is 0 Å². The van der Waals surface area contributed by atoms with E-state index in [1.807, 2.05) is 73.0 Å². The van der Waals surface area contributed by atoms with Crippen molar-refractivity contribution in [3.05, 3.63) is 126 Å². The number of nitrogens with zero attached hydrogens (tertiary/aromatic N) is 4. The van der Waals surface area contributed by atoms with Crippen LogP contribution in [-0.4, -0.2) is 35.5 Å². The zero-order chi connectivity index (χ0) is 24.0. The number of rotatable bonds is 11. The molecule has 1 aromatic carbocycles. The highest BCUT2D eigenvalue weighted by Gasteiger charge is 2.09. The SMILES string of the molecule is C=CC=C(C=CCC(N=Cc1ccccn1)c1ccc(OC)cc1)C(C)N=Cc1ccccn1. The quantitative estimate of drug-likeness (QED) is 0.258. The zero-order valence-corrected chi connectivity index (χ0v) is 19.7. The summed E-state index contributed by atoms with van der Waals surface area (Å²) in [5.74, 6) is 0.822. The van der Waals surface area contributed by atoms with Gasteiger partial charge in [0, 0.05) is 24.8 Å². The molecule has 5 heteroatoms. The highest BCUT2D eigenvalue weighted by Crippen LogP contribution is 2.25. The number of aliphatic imine (C=N–C) groups is 2. The Hall–Kier alpha value is -4.12. The molecule has 0 fully saturated rings. The maximum atomic E-state index is 5.30. The van der Waals surface area contributed by atoms with E-state index in [4.69, 9.17) is 9.73 Å². The van der Waals surface area contributed by atoms with Gasteiger partial charge in [0.05, 0.1) is 30.6 Å². The summed E-state index contributed by atoms with van der Waals surface area (Å²) in [4.78, 5) is 18.1. The van der Waals surface area contributed by atoms with E-state index in [9.17, 15) is 0 Å². The normalized spacial score (nSPS) is 14.0. The molecule has 0 aliphatic rings. The van der Waals surface area contributed by atoms with Crippen molar-refractivity contribution in [2.24, 2.45) is 9.98 Å². The number of hydrogen-bond donors (Lipinski definition) is 0. The van der Waals surface area contributed by atoms with Crippen molar-refractivity contribution in [1.29, 1.82) is 0 Å². The first kappa shape index (κ1) is 24.5. The molecule has 3 aromatic rings. The van der Waals surface area contributed by atoms with Gasteiger partial charge in [-0.1, -0.05) is 55.1 Å². The molecule has 0 radical (unpaired) electrons. The average Bonchev–Trinajstić information content (AvgIpc) is 2.90. The standard InChI is InChI=1S/C29H30N4O/c1-4-10-24(23(2)32-21-26-12-5-7-19-30-26)11-9-14-29(25-15-17-28(34-3)18-16-25)33-22-27-13-6-8-20-31-27/h4-13,15-23,29H,1,14H2,2-3H3. The number of allylic oxidation sites excluding steroid dienone is 2. The Balaban J connectivity index is 1.76. The minimum atomic E-state index is -0.0542. The van der Waals surface area contributed by atoms with Crippen molar-refractivity contribution < 1.29 is 4.74 Å². The van der Waals surface area contributed by atoms with Crippen molar-refractivity contribution >= 4 is 12.4 Å². The van der Waals surface area contributed by atoms with Crippen LogP contribution in [0, 0.1) is 0 Å². The molecule has 2 heterocycles. The predicted molar refractivity (Wildman–Crippen MR) is 141 cm³/mol. The second kappa shape index (κ2) is 13.4. The summed E-state index contributed by atoms with van der Waals surface area (Å²) in [6, 6.07) is 19.5.